The standard InChI is InChI=1S/C13H8Cl2O/c14-12-6-10(8-16)11(7-13(12)15)9-4-2-1-3-5-9/h1-8H. The second kappa shape index (κ2) is 4.69. The number of carbonyl (C=O) groups is 1. The molecule has 0 fully saturated rings. The van der Waals surface area contributed by atoms with Gasteiger partial charge in [0.15, 0.2) is 6.29 Å². The highest BCUT2D eigenvalue weighted by molar-refractivity contribution is 6.42. The van der Waals surface area contributed by atoms with Crippen molar-refractivity contribution in [2.75, 3.05) is 0 Å². The number of rotatable bonds is 2. The summed E-state index contributed by atoms with van der Waals surface area (Å²) in [4.78, 5) is 11.0. The molecule has 0 aromatic heterocycles. The Balaban J connectivity index is 2.65. The molecule has 16 heavy (non-hydrogen) atoms. The molecule has 2 aromatic rings. The van der Waals surface area contributed by atoms with Crippen LogP contribution in [-0.2, 0) is 0 Å². The monoisotopic (exact) mass is 250 g/mol. The highest BCUT2D eigenvalue weighted by Crippen LogP contribution is 2.31. The summed E-state index contributed by atoms with van der Waals surface area (Å²) in [7, 11) is 0. The van der Waals surface area contributed by atoms with Crippen molar-refractivity contribution in [2.45, 2.75) is 0 Å². The van der Waals surface area contributed by atoms with Gasteiger partial charge in [-0.1, -0.05) is 53.5 Å². The number of hydrogen-bond acceptors (Lipinski definition) is 1. The van der Waals surface area contributed by atoms with Gasteiger partial charge in [0.1, 0.15) is 0 Å². The predicted molar refractivity (Wildman–Crippen MR) is 67.3 cm³/mol. The van der Waals surface area contributed by atoms with Crippen molar-refractivity contribution in [2.24, 2.45) is 0 Å². The Labute approximate surface area is 104 Å². The minimum atomic E-state index is 0.392. The van der Waals surface area contributed by atoms with Gasteiger partial charge < -0.3 is 0 Å². The highest BCUT2D eigenvalue weighted by Gasteiger charge is 2.08. The second-order valence-corrected chi connectivity index (χ2v) is 4.15. The van der Waals surface area contributed by atoms with Crippen LogP contribution in [0.3, 0.4) is 0 Å². The first kappa shape index (κ1) is 11.2. The van der Waals surface area contributed by atoms with Crippen LogP contribution in [0.4, 0.5) is 0 Å². The number of benzene rings is 2. The van der Waals surface area contributed by atoms with E-state index in [9.17, 15) is 4.79 Å². The molecule has 0 saturated carbocycles. The summed E-state index contributed by atoms with van der Waals surface area (Å²) in [5, 5.41) is 0.842. The first-order valence-electron chi connectivity index (χ1n) is 4.72. The lowest BCUT2D eigenvalue weighted by Crippen LogP contribution is -1.88. The van der Waals surface area contributed by atoms with Crippen LogP contribution in [0.5, 0.6) is 0 Å². The Bertz CT molecular complexity index is 521. The molecule has 0 bridgehead atoms. The molecule has 0 N–H and O–H groups in total. The molecule has 80 valence electrons. The molecule has 0 aliphatic carbocycles. The quantitative estimate of drug-likeness (QED) is 0.719. The maximum absolute atomic E-state index is 11.0. The molecule has 0 saturated heterocycles. The number of halogens is 2. The third-order valence-corrected chi connectivity index (χ3v) is 3.03. The van der Waals surface area contributed by atoms with E-state index in [0.717, 1.165) is 17.4 Å². The zero-order valence-corrected chi connectivity index (χ0v) is 9.79. The van der Waals surface area contributed by atoms with Gasteiger partial charge >= 0.3 is 0 Å². The van der Waals surface area contributed by atoms with Gasteiger partial charge in [-0.25, -0.2) is 0 Å². The van der Waals surface area contributed by atoms with Crippen LogP contribution in [-0.4, -0.2) is 6.29 Å². The summed E-state index contributed by atoms with van der Waals surface area (Å²) >= 11 is 11.8. The second-order valence-electron chi connectivity index (χ2n) is 3.34. The molecule has 0 spiro atoms. The van der Waals surface area contributed by atoms with Crippen molar-refractivity contribution >= 4 is 29.5 Å². The number of aldehydes is 1. The number of carbonyl (C=O) groups excluding carboxylic acids is 1. The van der Waals surface area contributed by atoms with E-state index in [4.69, 9.17) is 23.2 Å². The summed E-state index contributed by atoms with van der Waals surface area (Å²) in [6.45, 7) is 0. The van der Waals surface area contributed by atoms with Crippen molar-refractivity contribution < 1.29 is 4.79 Å². The lowest BCUT2D eigenvalue weighted by Gasteiger charge is -2.06. The average Bonchev–Trinajstić information content (AvgIpc) is 2.33. The lowest BCUT2D eigenvalue weighted by molar-refractivity contribution is 0.112. The molecule has 2 rings (SSSR count). The van der Waals surface area contributed by atoms with Crippen molar-refractivity contribution in [3.8, 4) is 11.1 Å². The predicted octanol–water partition coefficient (Wildman–Crippen LogP) is 4.47. The summed E-state index contributed by atoms with van der Waals surface area (Å²) in [5.74, 6) is 0. The minimum Gasteiger partial charge on any atom is -0.298 e. The van der Waals surface area contributed by atoms with Gasteiger partial charge in [0, 0.05) is 5.56 Å². The molecular weight excluding hydrogens is 243 g/mol. The van der Waals surface area contributed by atoms with Gasteiger partial charge in [0.05, 0.1) is 10.0 Å². The van der Waals surface area contributed by atoms with Gasteiger partial charge in [0.2, 0.25) is 0 Å². The van der Waals surface area contributed by atoms with Crippen molar-refractivity contribution in [1.29, 1.82) is 0 Å². The maximum atomic E-state index is 11.0. The Kier molecular flexibility index (Phi) is 3.28. The molecule has 0 aliphatic heterocycles. The molecular formula is C13H8Cl2O. The van der Waals surface area contributed by atoms with Gasteiger partial charge in [0.25, 0.3) is 0 Å². The SMILES string of the molecule is O=Cc1cc(Cl)c(Cl)cc1-c1ccccc1. The third-order valence-electron chi connectivity index (χ3n) is 2.30. The molecule has 0 heterocycles. The molecule has 2 aromatic carbocycles. The van der Waals surface area contributed by atoms with Gasteiger partial charge in [-0.2, -0.15) is 0 Å². The van der Waals surface area contributed by atoms with E-state index in [1.165, 1.54) is 0 Å². The van der Waals surface area contributed by atoms with Crippen molar-refractivity contribution in [1.82, 2.24) is 0 Å². The molecule has 0 atom stereocenters. The minimum absolute atomic E-state index is 0.392. The summed E-state index contributed by atoms with van der Waals surface area (Å²) in [6.07, 6.45) is 0.782. The third kappa shape index (κ3) is 2.11. The van der Waals surface area contributed by atoms with Crippen LogP contribution in [0.15, 0.2) is 42.5 Å². The summed E-state index contributed by atoms with van der Waals surface area (Å²) < 4.78 is 0. The summed E-state index contributed by atoms with van der Waals surface area (Å²) in [5.41, 5.74) is 2.29. The van der Waals surface area contributed by atoms with E-state index < -0.39 is 0 Å². The van der Waals surface area contributed by atoms with E-state index in [1.807, 2.05) is 30.3 Å². The van der Waals surface area contributed by atoms with Crippen LogP contribution < -0.4 is 0 Å². The largest absolute Gasteiger partial charge is 0.298 e. The molecule has 0 unspecified atom stereocenters. The Morgan fingerprint density at radius 2 is 1.56 bits per heavy atom. The molecule has 0 aliphatic rings. The van der Waals surface area contributed by atoms with E-state index >= 15 is 0 Å². The topological polar surface area (TPSA) is 17.1 Å². The van der Waals surface area contributed by atoms with Crippen LogP contribution in [0.1, 0.15) is 10.4 Å². The zero-order valence-electron chi connectivity index (χ0n) is 8.28. The Morgan fingerprint density at radius 3 is 2.19 bits per heavy atom. The average molecular weight is 251 g/mol. The first-order valence-corrected chi connectivity index (χ1v) is 5.47. The number of hydrogen-bond donors (Lipinski definition) is 0. The Hall–Kier alpha value is -1.31. The molecule has 1 nitrogen and oxygen atoms in total. The first-order chi connectivity index (χ1) is 7.72. The van der Waals surface area contributed by atoms with Crippen molar-refractivity contribution in [3.63, 3.8) is 0 Å². The van der Waals surface area contributed by atoms with Crippen LogP contribution in [0, 0.1) is 0 Å². The highest BCUT2D eigenvalue weighted by atomic mass is 35.5. The van der Waals surface area contributed by atoms with Gasteiger partial charge in [-0.05, 0) is 23.3 Å². The van der Waals surface area contributed by atoms with Crippen LogP contribution in [0.25, 0.3) is 11.1 Å². The van der Waals surface area contributed by atoms with Crippen molar-refractivity contribution in [3.05, 3.63) is 58.1 Å². The summed E-state index contributed by atoms with van der Waals surface area (Å²) in [6, 6.07) is 12.9. The van der Waals surface area contributed by atoms with Crippen LogP contribution >= 0.6 is 23.2 Å². The van der Waals surface area contributed by atoms with Crippen LogP contribution in [0.2, 0.25) is 10.0 Å². The van der Waals surface area contributed by atoms with E-state index in [2.05, 4.69) is 0 Å². The fourth-order valence-corrected chi connectivity index (χ4v) is 1.86. The fourth-order valence-electron chi connectivity index (χ4n) is 1.53. The van der Waals surface area contributed by atoms with E-state index in [0.29, 0.717) is 15.6 Å². The normalized spacial score (nSPS) is 10.1. The van der Waals surface area contributed by atoms with Gasteiger partial charge in [-0.3, -0.25) is 4.79 Å². The van der Waals surface area contributed by atoms with E-state index in [-0.39, 0.29) is 0 Å². The maximum Gasteiger partial charge on any atom is 0.150 e. The molecule has 0 radical (unpaired) electrons. The Morgan fingerprint density at radius 1 is 0.938 bits per heavy atom. The lowest BCUT2D eigenvalue weighted by atomic mass is 10.0. The van der Waals surface area contributed by atoms with Gasteiger partial charge in [-0.15, -0.1) is 0 Å². The zero-order chi connectivity index (χ0) is 11.5. The fraction of sp³-hybridized carbons (Fsp3) is 0. The molecule has 0 amide bonds. The smallest absolute Gasteiger partial charge is 0.150 e. The van der Waals surface area contributed by atoms with E-state index in [1.54, 1.807) is 12.1 Å². The molecule has 3 heteroatoms.